The van der Waals surface area contributed by atoms with E-state index < -0.39 is 0 Å². The Balaban J connectivity index is 1.71. The molecule has 4 heteroatoms. The molecule has 0 saturated heterocycles. The lowest BCUT2D eigenvalue weighted by Gasteiger charge is -2.34. The number of rotatable bonds is 3. The van der Waals surface area contributed by atoms with Crippen LogP contribution in [-0.4, -0.2) is 22.9 Å². The van der Waals surface area contributed by atoms with Crippen LogP contribution in [0.3, 0.4) is 0 Å². The summed E-state index contributed by atoms with van der Waals surface area (Å²) in [6.45, 7) is 4.03. The summed E-state index contributed by atoms with van der Waals surface area (Å²) in [7, 11) is 1.98. The lowest BCUT2D eigenvalue weighted by Crippen LogP contribution is -2.31. The minimum absolute atomic E-state index is 0.305. The number of fused-ring (bicyclic) bond motifs is 3. The number of aryl methyl sites for hydroxylation is 2. The number of carbonyl (C=O) groups excluding carboxylic acids is 1. The molecule has 0 saturated carbocycles. The van der Waals surface area contributed by atoms with Gasteiger partial charge in [-0.3, -0.25) is 4.98 Å². The van der Waals surface area contributed by atoms with Crippen molar-refractivity contribution in [3.05, 3.63) is 89.9 Å². The van der Waals surface area contributed by atoms with Gasteiger partial charge in [0.25, 0.3) is 0 Å². The van der Waals surface area contributed by atoms with Crippen molar-refractivity contribution in [1.29, 1.82) is 0 Å². The zero-order chi connectivity index (χ0) is 20.8. The number of nitrogens with zero attached hydrogens (tertiary/aromatic N) is 3. The molecule has 4 aromatic rings. The fourth-order valence-corrected chi connectivity index (χ4v) is 4.40. The number of benzene rings is 2. The zero-order valence-corrected chi connectivity index (χ0v) is 17.3. The summed E-state index contributed by atoms with van der Waals surface area (Å²) in [6, 6.07) is 22.8. The van der Waals surface area contributed by atoms with Gasteiger partial charge in [-0.25, -0.2) is 0 Å². The Bertz CT molecular complexity index is 1240. The average molecular weight is 393 g/mol. The minimum Gasteiger partial charge on any atom is -0.347 e. The number of aldehydes is 1. The second kappa shape index (κ2) is 6.99. The van der Waals surface area contributed by atoms with Crippen LogP contribution < -0.4 is 4.90 Å². The Morgan fingerprint density at radius 1 is 0.833 bits per heavy atom. The maximum atomic E-state index is 12.0. The molecule has 1 atom stereocenters. The highest BCUT2D eigenvalue weighted by atomic mass is 16.1. The molecular formula is C26H23N3O. The van der Waals surface area contributed by atoms with E-state index in [1.807, 2.05) is 44.0 Å². The Morgan fingerprint density at radius 3 is 2.27 bits per heavy atom. The first kappa shape index (κ1) is 18.4. The molecule has 30 heavy (non-hydrogen) atoms. The lowest BCUT2D eigenvalue weighted by molar-refractivity contribution is -0.109. The molecule has 0 bridgehead atoms. The van der Waals surface area contributed by atoms with Crippen LogP contribution in [-0.2, 0) is 4.79 Å². The number of hydrogen-bond donors (Lipinski definition) is 0. The van der Waals surface area contributed by atoms with Gasteiger partial charge in [0, 0.05) is 35.8 Å². The molecule has 1 aliphatic heterocycles. The molecule has 148 valence electrons. The van der Waals surface area contributed by atoms with Crippen LogP contribution in [0.5, 0.6) is 0 Å². The van der Waals surface area contributed by atoms with Crippen molar-refractivity contribution in [3.63, 3.8) is 0 Å². The molecular weight excluding hydrogens is 370 g/mol. The quantitative estimate of drug-likeness (QED) is 0.431. The summed E-state index contributed by atoms with van der Waals surface area (Å²) < 4.78 is 2.20. The van der Waals surface area contributed by atoms with Crippen molar-refractivity contribution in [2.45, 2.75) is 19.9 Å². The van der Waals surface area contributed by atoms with E-state index in [1.54, 1.807) is 0 Å². The fraction of sp³-hybridized carbons (Fsp3) is 0.154. The highest BCUT2D eigenvalue weighted by Crippen LogP contribution is 2.41. The number of pyridine rings is 1. The van der Waals surface area contributed by atoms with Crippen molar-refractivity contribution in [1.82, 2.24) is 9.55 Å². The second-order valence-corrected chi connectivity index (χ2v) is 7.93. The van der Waals surface area contributed by atoms with Crippen LogP contribution in [0.2, 0.25) is 0 Å². The molecule has 5 rings (SSSR count). The Hall–Kier alpha value is -3.66. The molecule has 0 N–H and O–H groups in total. The number of carbonyl (C=O) groups is 1. The maximum absolute atomic E-state index is 12.0. The third kappa shape index (κ3) is 2.92. The van der Waals surface area contributed by atoms with E-state index in [1.165, 1.54) is 0 Å². The van der Waals surface area contributed by atoms with Crippen LogP contribution in [0.25, 0.3) is 27.9 Å². The van der Waals surface area contributed by atoms with Gasteiger partial charge in [0.15, 0.2) is 0 Å². The summed E-state index contributed by atoms with van der Waals surface area (Å²) in [4.78, 5) is 18.5. The molecule has 2 aromatic heterocycles. The molecule has 4 nitrogen and oxygen atoms in total. The largest absolute Gasteiger partial charge is 0.347 e. The number of aromatic nitrogens is 2. The Labute approximate surface area is 176 Å². The van der Waals surface area contributed by atoms with E-state index in [9.17, 15) is 4.79 Å². The van der Waals surface area contributed by atoms with E-state index >= 15 is 0 Å². The molecule has 0 spiro atoms. The van der Waals surface area contributed by atoms with Crippen LogP contribution in [0.1, 0.15) is 23.0 Å². The third-order valence-corrected chi connectivity index (χ3v) is 5.84. The fourth-order valence-electron chi connectivity index (χ4n) is 4.40. The topological polar surface area (TPSA) is 38.1 Å². The van der Waals surface area contributed by atoms with Gasteiger partial charge in [-0.2, -0.15) is 0 Å². The molecule has 2 aromatic carbocycles. The first-order valence-corrected chi connectivity index (χ1v) is 10.1. The highest BCUT2D eigenvalue weighted by molar-refractivity contribution is 5.80. The van der Waals surface area contributed by atoms with Gasteiger partial charge in [0.2, 0.25) is 0 Å². The number of hydrogen-bond acceptors (Lipinski definition) is 3. The van der Waals surface area contributed by atoms with Crippen LogP contribution in [0, 0.1) is 13.8 Å². The first-order chi connectivity index (χ1) is 14.5. The lowest BCUT2D eigenvalue weighted by atomic mass is 9.96. The molecule has 0 amide bonds. The van der Waals surface area contributed by atoms with Crippen LogP contribution in [0.4, 0.5) is 5.82 Å². The molecule has 0 aliphatic carbocycles. The second-order valence-electron chi connectivity index (χ2n) is 7.93. The standard InChI is InChI=1S/C26H23N3O/c1-17-11-21(12-18(2)27-17)20-9-10-23-24(13-20)29-15-22(19-7-5-4-6-8-19)14-26(29)28(3)25(23)16-30/h4-16,25H,1-3H3. The average Bonchev–Trinajstić information content (AvgIpc) is 3.20. The summed E-state index contributed by atoms with van der Waals surface area (Å²) in [5.74, 6) is 1.01. The van der Waals surface area contributed by atoms with Gasteiger partial charge in [-0.05, 0) is 54.8 Å². The first-order valence-electron chi connectivity index (χ1n) is 10.1. The Morgan fingerprint density at radius 2 is 1.57 bits per heavy atom. The van der Waals surface area contributed by atoms with E-state index in [0.29, 0.717) is 0 Å². The summed E-state index contributed by atoms with van der Waals surface area (Å²) >= 11 is 0. The SMILES string of the molecule is Cc1cc(-c2ccc3c(c2)-n2cc(-c4ccccc4)cc2N(C)C3C=O)cc(C)n1. The van der Waals surface area contributed by atoms with Crippen molar-refractivity contribution in [3.8, 4) is 27.9 Å². The van der Waals surface area contributed by atoms with Gasteiger partial charge >= 0.3 is 0 Å². The van der Waals surface area contributed by atoms with Crippen molar-refractivity contribution >= 4 is 12.1 Å². The summed E-state index contributed by atoms with van der Waals surface area (Å²) in [5.41, 5.74) is 8.62. The Kier molecular flexibility index (Phi) is 4.28. The zero-order valence-electron chi connectivity index (χ0n) is 17.3. The van der Waals surface area contributed by atoms with Gasteiger partial charge in [0.05, 0.1) is 5.69 Å². The molecule has 1 aliphatic rings. The smallest absolute Gasteiger partial charge is 0.147 e. The van der Waals surface area contributed by atoms with Crippen molar-refractivity contribution in [2.75, 3.05) is 11.9 Å². The van der Waals surface area contributed by atoms with Crippen LogP contribution in [0.15, 0.2) is 72.9 Å². The maximum Gasteiger partial charge on any atom is 0.147 e. The van der Waals surface area contributed by atoms with Gasteiger partial charge in [0.1, 0.15) is 18.1 Å². The van der Waals surface area contributed by atoms with E-state index in [4.69, 9.17) is 0 Å². The predicted octanol–water partition coefficient (Wildman–Crippen LogP) is 5.51. The summed E-state index contributed by atoms with van der Waals surface area (Å²) in [5, 5.41) is 0. The summed E-state index contributed by atoms with van der Waals surface area (Å²) in [6.07, 6.45) is 3.19. The highest BCUT2D eigenvalue weighted by Gasteiger charge is 2.29. The van der Waals surface area contributed by atoms with E-state index in [0.717, 1.165) is 57.0 Å². The number of likely N-dealkylation sites (N-methyl/N-ethyl adjacent to an activating group) is 1. The van der Waals surface area contributed by atoms with E-state index in [2.05, 4.69) is 64.3 Å². The van der Waals surface area contributed by atoms with Gasteiger partial charge in [-0.1, -0.05) is 42.5 Å². The monoisotopic (exact) mass is 393 g/mol. The van der Waals surface area contributed by atoms with Crippen LogP contribution >= 0.6 is 0 Å². The van der Waals surface area contributed by atoms with E-state index in [-0.39, 0.29) is 6.04 Å². The third-order valence-electron chi connectivity index (χ3n) is 5.84. The van der Waals surface area contributed by atoms with Gasteiger partial charge in [-0.15, -0.1) is 0 Å². The molecule has 0 fully saturated rings. The van der Waals surface area contributed by atoms with Gasteiger partial charge < -0.3 is 14.3 Å². The molecule has 0 radical (unpaired) electrons. The number of anilines is 1. The van der Waals surface area contributed by atoms with Crippen molar-refractivity contribution < 1.29 is 4.79 Å². The molecule has 1 unspecified atom stereocenters. The van der Waals surface area contributed by atoms with Crippen molar-refractivity contribution in [2.24, 2.45) is 0 Å². The molecule has 3 heterocycles. The predicted molar refractivity (Wildman–Crippen MR) is 121 cm³/mol. The minimum atomic E-state index is -0.305. The normalized spacial score (nSPS) is 14.9.